The van der Waals surface area contributed by atoms with Crippen LogP contribution in [0.2, 0.25) is 0 Å². The molecule has 4 atom stereocenters. The molecule has 0 heterocycles. The lowest BCUT2D eigenvalue weighted by molar-refractivity contribution is -0.138. The van der Waals surface area contributed by atoms with Crippen LogP contribution in [0.15, 0.2) is 120 Å². The largest absolute Gasteiger partial charge is 0.509 e. The fourth-order valence-electron chi connectivity index (χ4n) is 7.20. The molecule has 6 aromatic rings. The summed E-state index contributed by atoms with van der Waals surface area (Å²) in [5, 5.41) is 107. The van der Waals surface area contributed by atoms with Crippen LogP contribution in [0.25, 0.3) is 32.3 Å². The average molecular weight is 861 g/mol. The number of aromatic hydroxyl groups is 3. The SMILES string of the molecule is O=Cc1ccc2ccc3c(OC(O)c4cc(OC(=O)C5=CC(O)C(O)C(O)=C5)c(OC(=O)C5C=C(O)C(O)=C(O)C5)c(OC(=O)c5cc(O)c(O)c(O)c5)c4)ccc4ccc1c2c43. The summed E-state index contributed by atoms with van der Waals surface area (Å²) in [7, 11) is 0. The second-order valence-corrected chi connectivity index (χ2v) is 14.4. The van der Waals surface area contributed by atoms with E-state index < -0.39 is 117 Å². The maximum Gasteiger partial charge on any atom is 0.343 e. The minimum atomic E-state index is -2.03. The lowest BCUT2D eigenvalue weighted by atomic mass is 9.92. The van der Waals surface area contributed by atoms with Crippen molar-refractivity contribution in [3.8, 4) is 40.2 Å². The molecule has 0 spiro atoms. The van der Waals surface area contributed by atoms with Crippen molar-refractivity contribution >= 4 is 56.5 Å². The predicted molar refractivity (Wildman–Crippen MR) is 217 cm³/mol. The number of hydrogen-bond acceptors (Lipinski definition) is 18. The normalized spacial score (nSPS) is 18.1. The molecular weight excluding hydrogens is 828 g/mol. The molecule has 63 heavy (non-hydrogen) atoms. The van der Waals surface area contributed by atoms with E-state index in [1.165, 1.54) is 0 Å². The highest BCUT2D eigenvalue weighted by Gasteiger charge is 2.33. The molecule has 0 radical (unpaired) electrons. The van der Waals surface area contributed by atoms with Gasteiger partial charge in [-0.2, -0.15) is 0 Å². The van der Waals surface area contributed by atoms with E-state index in [0.717, 1.165) is 52.8 Å². The van der Waals surface area contributed by atoms with E-state index >= 15 is 0 Å². The molecule has 2 aliphatic carbocycles. The molecule has 18 nitrogen and oxygen atoms in total. The van der Waals surface area contributed by atoms with Gasteiger partial charge in [0.2, 0.25) is 12.0 Å². The lowest BCUT2D eigenvalue weighted by Crippen LogP contribution is -2.30. The van der Waals surface area contributed by atoms with Crippen LogP contribution in [0.1, 0.15) is 39.0 Å². The number of aldehydes is 1. The number of aliphatic hydroxyl groups is 7. The van der Waals surface area contributed by atoms with Crippen LogP contribution in [0, 0.1) is 5.92 Å². The summed E-state index contributed by atoms with van der Waals surface area (Å²) in [5.74, 6) is -14.3. The summed E-state index contributed by atoms with van der Waals surface area (Å²) in [5.41, 5.74) is -1.03. The number of esters is 3. The molecule has 0 amide bonds. The number of phenols is 3. The van der Waals surface area contributed by atoms with Crippen LogP contribution in [0.5, 0.6) is 40.2 Å². The summed E-state index contributed by atoms with van der Waals surface area (Å²) in [6.07, 6.45) is -3.08. The van der Waals surface area contributed by atoms with Gasteiger partial charge in [0.15, 0.2) is 46.6 Å². The van der Waals surface area contributed by atoms with Crippen molar-refractivity contribution in [1.82, 2.24) is 0 Å². The van der Waals surface area contributed by atoms with Crippen LogP contribution >= 0.6 is 0 Å². The second-order valence-electron chi connectivity index (χ2n) is 14.4. The zero-order valence-electron chi connectivity index (χ0n) is 32.0. The quantitative estimate of drug-likeness (QED) is 0.0203. The van der Waals surface area contributed by atoms with Gasteiger partial charge in [0.25, 0.3) is 0 Å². The summed E-state index contributed by atoms with van der Waals surface area (Å²) in [4.78, 5) is 52.8. The van der Waals surface area contributed by atoms with Gasteiger partial charge in [0.05, 0.1) is 17.1 Å². The first kappa shape index (κ1) is 41.4. The maximum absolute atomic E-state index is 13.7. The van der Waals surface area contributed by atoms with Gasteiger partial charge in [-0.3, -0.25) is 9.59 Å². The van der Waals surface area contributed by atoms with Gasteiger partial charge in [-0.05, 0) is 76.2 Å². The van der Waals surface area contributed by atoms with Gasteiger partial charge in [-0.1, -0.05) is 36.4 Å². The Kier molecular flexibility index (Phi) is 10.5. The molecule has 2 aliphatic rings. The molecule has 10 N–H and O–H groups in total. The fourth-order valence-corrected chi connectivity index (χ4v) is 7.20. The predicted octanol–water partition coefficient (Wildman–Crippen LogP) is 5.51. The fraction of sp³-hybridized carbons (Fsp3) is 0.111. The Bertz CT molecular complexity index is 3030. The molecule has 0 aliphatic heterocycles. The smallest absolute Gasteiger partial charge is 0.343 e. The Hall–Kier alpha value is -8.32. The summed E-state index contributed by atoms with van der Waals surface area (Å²) in [6, 6.07) is 17.2. The Morgan fingerprint density at radius 3 is 1.94 bits per heavy atom. The third kappa shape index (κ3) is 7.56. The summed E-state index contributed by atoms with van der Waals surface area (Å²) in [6.45, 7) is 0. The van der Waals surface area contributed by atoms with Crippen molar-refractivity contribution in [3.05, 3.63) is 136 Å². The van der Waals surface area contributed by atoms with E-state index in [1.54, 1.807) is 36.4 Å². The van der Waals surface area contributed by atoms with Crippen molar-refractivity contribution in [2.75, 3.05) is 0 Å². The van der Waals surface area contributed by atoms with E-state index in [1.807, 2.05) is 12.1 Å². The first-order valence-electron chi connectivity index (χ1n) is 18.6. The molecule has 4 unspecified atom stereocenters. The first-order valence-corrected chi connectivity index (χ1v) is 18.6. The van der Waals surface area contributed by atoms with Crippen molar-refractivity contribution in [3.63, 3.8) is 0 Å². The number of ether oxygens (including phenoxy) is 4. The Morgan fingerprint density at radius 1 is 0.698 bits per heavy atom. The number of aliphatic hydroxyl groups excluding tert-OH is 7. The van der Waals surface area contributed by atoms with Crippen LogP contribution in [0.4, 0.5) is 0 Å². The minimum absolute atomic E-state index is 0.101. The topological polar surface area (TPSA) is 308 Å². The minimum Gasteiger partial charge on any atom is -0.509 e. The number of carbonyl (C=O) groups is 4. The van der Waals surface area contributed by atoms with Gasteiger partial charge < -0.3 is 70.0 Å². The number of hydrogen-bond donors (Lipinski definition) is 10. The molecular formula is C45H32O18. The third-order valence-corrected chi connectivity index (χ3v) is 10.4. The van der Waals surface area contributed by atoms with Crippen molar-refractivity contribution in [2.24, 2.45) is 5.92 Å². The molecule has 6 aromatic carbocycles. The molecule has 0 saturated heterocycles. The Morgan fingerprint density at radius 2 is 1.30 bits per heavy atom. The molecule has 0 aromatic heterocycles. The van der Waals surface area contributed by atoms with Gasteiger partial charge in [-0.15, -0.1) is 0 Å². The average Bonchev–Trinajstić information content (AvgIpc) is 3.26. The van der Waals surface area contributed by atoms with E-state index in [0.29, 0.717) is 33.9 Å². The molecule has 0 fully saturated rings. The highest BCUT2D eigenvalue weighted by Crippen LogP contribution is 2.45. The second kappa shape index (κ2) is 15.9. The maximum atomic E-state index is 13.7. The van der Waals surface area contributed by atoms with E-state index in [-0.39, 0.29) is 11.3 Å². The Balaban J connectivity index is 1.25. The first-order chi connectivity index (χ1) is 30.0. The van der Waals surface area contributed by atoms with Crippen LogP contribution < -0.4 is 18.9 Å². The zero-order chi connectivity index (χ0) is 45.0. The van der Waals surface area contributed by atoms with Crippen LogP contribution in [0.3, 0.4) is 0 Å². The van der Waals surface area contributed by atoms with E-state index in [4.69, 9.17) is 18.9 Å². The van der Waals surface area contributed by atoms with E-state index in [9.17, 15) is 70.2 Å². The Labute approximate surface area is 352 Å². The van der Waals surface area contributed by atoms with Crippen molar-refractivity contribution in [2.45, 2.75) is 24.9 Å². The molecule has 18 heteroatoms. The summed E-state index contributed by atoms with van der Waals surface area (Å²) >= 11 is 0. The molecule has 320 valence electrons. The molecule has 0 saturated carbocycles. The number of benzene rings is 6. The standard InChI is InChI=1S/C45H32O18/c46-17-20-2-1-18-4-7-26-33(8-5-19-3-6-25(20)36(18)37(19)26)60-44(58)24-15-34(61-42(56)21-9-27(47)38(53)28(48)10-21)41(63-45(59)23-13-31(51)40(55)32(52)14-23)35(16-24)62-43(57)22-11-29(49)39(54)30(50)12-22/h1-13,15-17,23,27,38,44,47-55,58H,14H2. The highest BCUT2D eigenvalue weighted by atomic mass is 16.6. The third-order valence-electron chi connectivity index (χ3n) is 10.4. The molecule has 0 bridgehead atoms. The molecule has 8 rings (SSSR count). The van der Waals surface area contributed by atoms with Gasteiger partial charge >= 0.3 is 17.9 Å². The van der Waals surface area contributed by atoms with Crippen LogP contribution in [-0.4, -0.2) is 87.5 Å². The number of carbonyl (C=O) groups excluding carboxylic acids is 4. The summed E-state index contributed by atoms with van der Waals surface area (Å²) < 4.78 is 22.7. The number of rotatable bonds is 10. The lowest BCUT2D eigenvalue weighted by Gasteiger charge is -2.23. The van der Waals surface area contributed by atoms with Crippen molar-refractivity contribution in [1.29, 1.82) is 0 Å². The highest BCUT2D eigenvalue weighted by molar-refractivity contribution is 6.26. The van der Waals surface area contributed by atoms with E-state index in [2.05, 4.69) is 0 Å². The zero-order valence-corrected chi connectivity index (χ0v) is 32.0. The van der Waals surface area contributed by atoms with Gasteiger partial charge in [-0.25, -0.2) is 9.59 Å². The number of allylic oxidation sites excluding steroid dienone is 1. The van der Waals surface area contributed by atoms with Crippen molar-refractivity contribution < 1.29 is 89.2 Å². The monoisotopic (exact) mass is 860 g/mol. The van der Waals surface area contributed by atoms with Gasteiger partial charge in [0, 0.05) is 28.3 Å². The number of phenolic OH excluding ortho intramolecular Hbond substituents is 3. The van der Waals surface area contributed by atoms with Gasteiger partial charge in [0.1, 0.15) is 29.5 Å². The van der Waals surface area contributed by atoms with Crippen LogP contribution in [-0.2, 0) is 9.59 Å².